The normalized spacial score (nSPS) is 23.4. The van der Waals surface area contributed by atoms with Gasteiger partial charge < -0.3 is 15.2 Å². The van der Waals surface area contributed by atoms with Crippen LogP contribution in [-0.2, 0) is 6.54 Å². The van der Waals surface area contributed by atoms with Gasteiger partial charge in [0.05, 0.1) is 11.8 Å². The first-order chi connectivity index (χ1) is 9.70. The molecular formula is C16H26N2O2. The number of nitrogens with one attached hydrogen (secondary N) is 1. The summed E-state index contributed by atoms with van der Waals surface area (Å²) < 4.78 is 6.08. The highest BCUT2D eigenvalue weighted by atomic mass is 16.5. The third kappa shape index (κ3) is 4.18. The lowest BCUT2D eigenvalue weighted by Gasteiger charge is -2.23. The topological polar surface area (TPSA) is 54.4 Å². The molecule has 0 saturated heterocycles. The molecule has 2 atom stereocenters. The number of rotatable bonds is 5. The Morgan fingerprint density at radius 3 is 2.90 bits per heavy atom. The van der Waals surface area contributed by atoms with Crippen LogP contribution < -0.4 is 10.1 Å². The number of pyridine rings is 1. The van der Waals surface area contributed by atoms with E-state index in [0.717, 1.165) is 49.4 Å². The molecule has 4 nitrogen and oxygen atoms in total. The van der Waals surface area contributed by atoms with Crippen molar-refractivity contribution in [3.63, 3.8) is 0 Å². The third-order valence-corrected chi connectivity index (χ3v) is 3.81. The van der Waals surface area contributed by atoms with Gasteiger partial charge in [-0.1, -0.05) is 19.8 Å². The molecule has 2 N–H and O–H groups in total. The summed E-state index contributed by atoms with van der Waals surface area (Å²) >= 11 is 0. The maximum Gasteiger partial charge on any atom is 0.142 e. The molecule has 0 amide bonds. The molecule has 1 saturated carbocycles. The molecule has 1 aromatic heterocycles. The fourth-order valence-corrected chi connectivity index (χ4v) is 2.63. The van der Waals surface area contributed by atoms with Crippen molar-refractivity contribution >= 4 is 0 Å². The largest absolute Gasteiger partial charge is 0.486 e. The van der Waals surface area contributed by atoms with Crippen molar-refractivity contribution in [2.24, 2.45) is 0 Å². The van der Waals surface area contributed by atoms with Crippen LogP contribution in [0, 0.1) is 6.92 Å². The lowest BCUT2D eigenvalue weighted by Crippen LogP contribution is -2.31. The maximum absolute atomic E-state index is 10.2. The van der Waals surface area contributed by atoms with E-state index in [4.69, 9.17) is 4.74 Å². The van der Waals surface area contributed by atoms with Crippen LogP contribution in [-0.4, -0.2) is 28.8 Å². The standard InChI is InChI=1S/C16H26N2O2/c1-3-17-11-13-15(10-9-12(2)18-13)20-16-8-6-4-5-7-14(16)19/h9-10,14,16-17,19H,3-8,11H2,1-2H3. The highest BCUT2D eigenvalue weighted by molar-refractivity contribution is 5.29. The van der Waals surface area contributed by atoms with Crippen molar-refractivity contribution in [2.45, 2.75) is 64.7 Å². The first-order valence-corrected chi connectivity index (χ1v) is 7.72. The van der Waals surface area contributed by atoms with E-state index in [2.05, 4.69) is 17.2 Å². The Labute approximate surface area is 121 Å². The molecule has 0 radical (unpaired) electrons. The summed E-state index contributed by atoms with van der Waals surface area (Å²) in [6, 6.07) is 3.94. The smallest absolute Gasteiger partial charge is 0.142 e. The van der Waals surface area contributed by atoms with Gasteiger partial charge >= 0.3 is 0 Å². The van der Waals surface area contributed by atoms with Gasteiger partial charge in [0, 0.05) is 12.2 Å². The average molecular weight is 278 g/mol. The SMILES string of the molecule is CCNCc1nc(C)ccc1OC1CCCCCC1O. The zero-order valence-electron chi connectivity index (χ0n) is 12.6. The highest BCUT2D eigenvalue weighted by Crippen LogP contribution is 2.25. The molecule has 1 heterocycles. The molecule has 0 bridgehead atoms. The van der Waals surface area contributed by atoms with Crippen LogP contribution in [0.15, 0.2) is 12.1 Å². The van der Waals surface area contributed by atoms with Gasteiger partial charge in [0.2, 0.25) is 0 Å². The molecule has 1 aromatic rings. The van der Waals surface area contributed by atoms with Crippen LogP contribution in [0.4, 0.5) is 0 Å². The second kappa shape index (κ2) is 7.60. The van der Waals surface area contributed by atoms with Crippen LogP contribution in [0.2, 0.25) is 0 Å². The van der Waals surface area contributed by atoms with Crippen molar-refractivity contribution in [3.05, 3.63) is 23.5 Å². The molecule has 1 aliphatic rings. The number of hydrogen-bond acceptors (Lipinski definition) is 4. The predicted octanol–water partition coefficient (Wildman–Crippen LogP) is 2.57. The Morgan fingerprint density at radius 2 is 2.10 bits per heavy atom. The van der Waals surface area contributed by atoms with Crippen LogP contribution in [0.25, 0.3) is 0 Å². The molecule has 20 heavy (non-hydrogen) atoms. The molecule has 1 fully saturated rings. The molecular weight excluding hydrogens is 252 g/mol. The molecule has 4 heteroatoms. The first-order valence-electron chi connectivity index (χ1n) is 7.72. The van der Waals surface area contributed by atoms with E-state index in [9.17, 15) is 5.11 Å². The molecule has 0 spiro atoms. The summed E-state index contributed by atoms with van der Waals surface area (Å²) in [5.41, 5.74) is 1.93. The third-order valence-electron chi connectivity index (χ3n) is 3.81. The zero-order chi connectivity index (χ0) is 14.4. The van der Waals surface area contributed by atoms with Gasteiger partial charge in [-0.15, -0.1) is 0 Å². The van der Waals surface area contributed by atoms with Crippen LogP contribution in [0.5, 0.6) is 5.75 Å². The van der Waals surface area contributed by atoms with E-state index >= 15 is 0 Å². The minimum atomic E-state index is -0.356. The van der Waals surface area contributed by atoms with Gasteiger partial charge in [0.15, 0.2) is 0 Å². The van der Waals surface area contributed by atoms with Crippen LogP contribution in [0.1, 0.15) is 50.4 Å². The van der Waals surface area contributed by atoms with Crippen LogP contribution in [0.3, 0.4) is 0 Å². The number of aromatic nitrogens is 1. The zero-order valence-corrected chi connectivity index (χ0v) is 12.6. The predicted molar refractivity (Wildman–Crippen MR) is 79.9 cm³/mol. The van der Waals surface area contributed by atoms with Crippen molar-refractivity contribution < 1.29 is 9.84 Å². The van der Waals surface area contributed by atoms with Gasteiger partial charge in [-0.05, 0) is 44.9 Å². The summed E-state index contributed by atoms with van der Waals surface area (Å²) in [5, 5.41) is 13.5. The summed E-state index contributed by atoms with van der Waals surface area (Å²) in [6.45, 7) is 5.67. The van der Waals surface area contributed by atoms with E-state index in [1.165, 1.54) is 6.42 Å². The molecule has 2 rings (SSSR count). The maximum atomic E-state index is 10.2. The van der Waals surface area contributed by atoms with Crippen molar-refractivity contribution in [2.75, 3.05) is 6.54 Å². The van der Waals surface area contributed by atoms with Gasteiger partial charge in [0.1, 0.15) is 11.9 Å². The number of nitrogens with zero attached hydrogens (tertiary/aromatic N) is 1. The second-order valence-corrected chi connectivity index (χ2v) is 5.54. The van der Waals surface area contributed by atoms with E-state index in [0.29, 0.717) is 6.54 Å². The van der Waals surface area contributed by atoms with Crippen LogP contribution >= 0.6 is 0 Å². The molecule has 0 aromatic carbocycles. The second-order valence-electron chi connectivity index (χ2n) is 5.54. The number of aliphatic hydroxyl groups excluding tert-OH is 1. The lowest BCUT2D eigenvalue weighted by atomic mass is 10.1. The van der Waals surface area contributed by atoms with Gasteiger partial charge in [-0.2, -0.15) is 0 Å². The van der Waals surface area contributed by atoms with Crippen molar-refractivity contribution in [1.29, 1.82) is 0 Å². The number of ether oxygens (including phenoxy) is 1. The average Bonchev–Trinajstić information content (AvgIpc) is 2.64. The van der Waals surface area contributed by atoms with E-state index in [-0.39, 0.29) is 12.2 Å². The summed E-state index contributed by atoms with van der Waals surface area (Å²) in [4.78, 5) is 4.56. The Kier molecular flexibility index (Phi) is 5.80. The van der Waals surface area contributed by atoms with Gasteiger partial charge in [-0.3, -0.25) is 4.98 Å². The molecule has 112 valence electrons. The number of aryl methyl sites for hydroxylation is 1. The summed E-state index contributed by atoms with van der Waals surface area (Å²) in [5.74, 6) is 0.808. The van der Waals surface area contributed by atoms with E-state index in [1.54, 1.807) is 0 Å². The molecule has 2 unspecified atom stereocenters. The Bertz CT molecular complexity index is 423. The van der Waals surface area contributed by atoms with E-state index < -0.39 is 0 Å². The summed E-state index contributed by atoms with van der Waals surface area (Å²) in [6.07, 6.45) is 4.73. The molecule has 1 aliphatic carbocycles. The fourth-order valence-electron chi connectivity index (χ4n) is 2.63. The fraction of sp³-hybridized carbons (Fsp3) is 0.688. The number of hydrogen-bond donors (Lipinski definition) is 2. The van der Waals surface area contributed by atoms with E-state index in [1.807, 2.05) is 19.1 Å². The minimum absolute atomic E-state index is 0.0950. The first kappa shape index (κ1) is 15.3. The number of aliphatic hydroxyl groups is 1. The minimum Gasteiger partial charge on any atom is -0.486 e. The quantitative estimate of drug-likeness (QED) is 0.813. The van der Waals surface area contributed by atoms with Gasteiger partial charge in [-0.25, -0.2) is 0 Å². The molecule has 0 aliphatic heterocycles. The summed E-state index contributed by atoms with van der Waals surface area (Å²) in [7, 11) is 0. The highest BCUT2D eigenvalue weighted by Gasteiger charge is 2.24. The van der Waals surface area contributed by atoms with Crippen molar-refractivity contribution in [1.82, 2.24) is 10.3 Å². The Balaban J connectivity index is 2.10. The van der Waals surface area contributed by atoms with Crippen molar-refractivity contribution in [3.8, 4) is 5.75 Å². The van der Waals surface area contributed by atoms with Gasteiger partial charge in [0.25, 0.3) is 0 Å². The lowest BCUT2D eigenvalue weighted by molar-refractivity contribution is 0.0311. The monoisotopic (exact) mass is 278 g/mol. The Morgan fingerprint density at radius 1 is 1.30 bits per heavy atom. The Hall–Kier alpha value is -1.13.